The van der Waals surface area contributed by atoms with Crippen LogP contribution in [-0.2, 0) is 0 Å². The summed E-state index contributed by atoms with van der Waals surface area (Å²) in [5, 5.41) is 0. The van der Waals surface area contributed by atoms with Crippen LogP contribution in [0.2, 0.25) is 0 Å². The highest BCUT2D eigenvalue weighted by Crippen LogP contribution is 2.42. The Bertz CT molecular complexity index is 1650. The van der Waals surface area contributed by atoms with Gasteiger partial charge in [-0.05, 0) is 82.1 Å². The minimum absolute atomic E-state index is 0.397. The van der Waals surface area contributed by atoms with Crippen molar-refractivity contribution in [1.82, 2.24) is 9.97 Å². The number of hydrogen-bond acceptors (Lipinski definition) is 3. The van der Waals surface area contributed by atoms with Gasteiger partial charge in [0.05, 0.1) is 0 Å². The number of anilines is 1. The molecule has 1 aliphatic rings. The minimum Gasteiger partial charge on any atom is -0.398 e. The van der Waals surface area contributed by atoms with E-state index >= 15 is 0 Å². The van der Waals surface area contributed by atoms with E-state index in [0.717, 1.165) is 62.2 Å². The maximum absolute atomic E-state index is 6.98. The summed E-state index contributed by atoms with van der Waals surface area (Å²) in [7, 11) is 0. The van der Waals surface area contributed by atoms with Crippen molar-refractivity contribution in [1.29, 1.82) is 0 Å². The number of pyridine rings is 2. The molecule has 0 saturated heterocycles. The molecule has 0 fully saturated rings. The van der Waals surface area contributed by atoms with Crippen LogP contribution in [0.15, 0.2) is 128 Å². The van der Waals surface area contributed by atoms with Gasteiger partial charge in [0.1, 0.15) is 0 Å². The summed E-state index contributed by atoms with van der Waals surface area (Å²) in [6, 6.07) is 29.8. The number of benzene rings is 3. The Morgan fingerprint density at radius 1 is 0.632 bits per heavy atom. The summed E-state index contributed by atoms with van der Waals surface area (Å²) in [5.41, 5.74) is 19.0. The molecule has 6 rings (SSSR count). The molecular weight excluding hydrogens is 462 g/mol. The minimum atomic E-state index is 0.397. The Kier molecular flexibility index (Phi) is 6.41. The summed E-state index contributed by atoms with van der Waals surface area (Å²) in [6.45, 7) is 2.27. The van der Waals surface area contributed by atoms with Gasteiger partial charge in [-0.1, -0.05) is 73.7 Å². The molecule has 2 N–H and O–H groups in total. The SMILES string of the molecule is CC1CC=CC=C1c1cc(-c2cccc(-c3cccnc3)c2)cc(-c2cccc(-c3cccnc3)c2)c1N. The lowest BCUT2D eigenvalue weighted by Gasteiger charge is -2.22. The van der Waals surface area contributed by atoms with Gasteiger partial charge >= 0.3 is 0 Å². The lowest BCUT2D eigenvalue weighted by atomic mass is 9.83. The summed E-state index contributed by atoms with van der Waals surface area (Å²) >= 11 is 0. The smallest absolute Gasteiger partial charge is 0.0470 e. The molecule has 0 spiro atoms. The molecule has 184 valence electrons. The molecule has 2 aromatic heterocycles. The van der Waals surface area contributed by atoms with Gasteiger partial charge in [0, 0.05) is 52.7 Å². The largest absolute Gasteiger partial charge is 0.398 e. The predicted octanol–water partition coefficient (Wildman–Crippen LogP) is 8.71. The van der Waals surface area contributed by atoms with E-state index in [9.17, 15) is 0 Å². The summed E-state index contributed by atoms with van der Waals surface area (Å²) in [5.74, 6) is 0.397. The van der Waals surface area contributed by atoms with Gasteiger partial charge in [0.25, 0.3) is 0 Å². The highest BCUT2D eigenvalue weighted by molar-refractivity contribution is 5.93. The standard InChI is InChI=1S/C35H29N3/c1-24-8-2-3-15-32(24)34-21-31(27-11-4-9-25(18-27)29-13-6-16-37-22-29)20-33(35(34)36)28-12-5-10-26(19-28)30-14-7-17-38-23-30/h2-7,9-24H,8,36H2,1H3. The van der Waals surface area contributed by atoms with Crippen molar-refractivity contribution in [3.63, 3.8) is 0 Å². The summed E-state index contributed by atoms with van der Waals surface area (Å²) in [6.07, 6.45) is 15.0. The van der Waals surface area contributed by atoms with E-state index in [1.54, 1.807) is 12.4 Å². The Morgan fingerprint density at radius 3 is 1.79 bits per heavy atom. The second-order valence-corrected chi connectivity index (χ2v) is 9.82. The van der Waals surface area contributed by atoms with E-state index < -0.39 is 0 Å². The Hall–Kier alpha value is -4.76. The first-order valence-corrected chi connectivity index (χ1v) is 13.0. The fourth-order valence-corrected chi connectivity index (χ4v) is 5.21. The van der Waals surface area contributed by atoms with Gasteiger partial charge in [0.15, 0.2) is 0 Å². The molecule has 3 aromatic carbocycles. The van der Waals surface area contributed by atoms with Crippen LogP contribution in [0.5, 0.6) is 0 Å². The van der Waals surface area contributed by atoms with Crippen LogP contribution in [0.25, 0.3) is 50.1 Å². The molecular formula is C35H29N3. The van der Waals surface area contributed by atoms with Crippen molar-refractivity contribution in [3.8, 4) is 44.5 Å². The van der Waals surface area contributed by atoms with Crippen LogP contribution < -0.4 is 5.73 Å². The molecule has 1 unspecified atom stereocenters. The zero-order chi connectivity index (χ0) is 25.9. The maximum atomic E-state index is 6.98. The number of nitrogen functional groups attached to an aromatic ring is 1. The van der Waals surface area contributed by atoms with Gasteiger partial charge in [-0.3, -0.25) is 9.97 Å². The number of nitrogens with two attached hydrogens (primary N) is 1. The van der Waals surface area contributed by atoms with Crippen LogP contribution >= 0.6 is 0 Å². The quantitative estimate of drug-likeness (QED) is 0.250. The van der Waals surface area contributed by atoms with Crippen molar-refractivity contribution in [2.24, 2.45) is 5.92 Å². The summed E-state index contributed by atoms with van der Waals surface area (Å²) < 4.78 is 0. The monoisotopic (exact) mass is 491 g/mol. The summed E-state index contributed by atoms with van der Waals surface area (Å²) in [4.78, 5) is 8.62. The Labute approximate surface area is 224 Å². The molecule has 0 aliphatic heterocycles. The molecule has 0 bridgehead atoms. The average molecular weight is 492 g/mol. The highest BCUT2D eigenvalue weighted by Gasteiger charge is 2.19. The first-order valence-electron chi connectivity index (χ1n) is 13.0. The third-order valence-electron chi connectivity index (χ3n) is 7.28. The van der Waals surface area contributed by atoms with E-state index in [4.69, 9.17) is 5.73 Å². The van der Waals surface area contributed by atoms with Crippen molar-refractivity contribution in [3.05, 3.63) is 134 Å². The van der Waals surface area contributed by atoms with Gasteiger partial charge < -0.3 is 5.73 Å². The van der Waals surface area contributed by atoms with E-state index in [-0.39, 0.29) is 0 Å². The number of rotatable bonds is 5. The van der Waals surface area contributed by atoms with Crippen LogP contribution in [0.4, 0.5) is 5.69 Å². The zero-order valence-electron chi connectivity index (χ0n) is 21.4. The lowest BCUT2D eigenvalue weighted by molar-refractivity contribution is 0.759. The van der Waals surface area contributed by atoms with Crippen LogP contribution in [-0.4, -0.2) is 9.97 Å². The van der Waals surface area contributed by atoms with Crippen molar-refractivity contribution in [2.75, 3.05) is 5.73 Å². The molecule has 1 atom stereocenters. The predicted molar refractivity (Wildman–Crippen MR) is 159 cm³/mol. The van der Waals surface area contributed by atoms with Gasteiger partial charge in [-0.15, -0.1) is 0 Å². The van der Waals surface area contributed by atoms with E-state index in [1.165, 1.54) is 5.57 Å². The maximum Gasteiger partial charge on any atom is 0.0470 e. The fraction of sp³-hybridized carbons (Fsp3) is 0.0857. The van der Waals surface area contributed by atoms with Gasteiger partial charge in [-0.2, -0.15) is 0 Å². The molecule has 0 radical (unpaired) electrons. The molecule has 0 saturated carbocycles. The van der Waals surface area contributed by atoms with E-state index in [2.05, 4.69) is 108 Å². The fourth-order valence-electron chi connectivity index (χ4n) is 5.21. The molecule has 0 amide bonds. The van der Waals surface area contributed by atoms with Gasteiger partial charge in [0.2, 0.25) is 0 Å². The first kappa shape index (κ1) is 23.6. The molecule has 3 nitrogen and oxygen atoms in total. The second-order valence-electron chi connectivity index (χ2n) is 9.82. The molecule has 5 aromatic rings. The number of hydrogen-bond donors (Lipinski definition) is 1. The Balaban J connectivity index is 1.54. The highest BCUT2D eigenvalue weighted by atomic mass is 14.6. The Morgan fingerprint density at radius 2 is 1.18 bits per heavy atom. The van der Waals surface area contributed by atoms with Crippen LogP contribution in [0.3, 0.4) is 0 Å². The molecule has 2 heterocycles. The van der Waals surface area contributed by atoms with Crippen molar-refractivity contribution in [2.45, 2.75) is 13.3 Å². The van der Waals surface area contributed by atoms with Gasteiger partial charge in [-0.25, -0.2) is 0 Å². The lowest BCUT2D eigenvalue weighted by Crippen LogP contribution is -2.05. The number of aromatic nitrogens is 2. The van der Waals surface area contributed by atoms with Crippen molar-refractivity contribution >= 4 is 11.3 Å². The normalized spacial score (nSPS) is 14.8. The topological polar surface area (TPSA) is 51.8 Å². The second kappa shape index (κ2) is 10.3. The zero-order valence-corrected chi connectivity index (χ0v) is 21.4. The molecule has 3 heteroatoms. The molecule has 38 heavy (non-hydrogen) atoms. The van der Waals surface area contributed by atoms with E-state index in [0.29, 0.717) is 5.92 Å². The first-order chi connectivity index (χ1) is 18.7. The number of allylic oxidation sites excluding steroid dienone is 4. The average Bonchev–Trinajstić information content (AvgIpc) is 2.99. The number of nitrogens with zero attached hydrogens (tertiary/aromatic N) is 2. The third kappa shape index (κ3) is 4.67. The van der Waals surface area contributed by atoms with Crippen molar-refractivity contribution < 1.29 is 0 Å². The third-order valence-corrected chi connectivity index (χ3v) is 7.28. The van der Waals surface area contributed by atoms with E-state index in [1.807, 2.05) is 24.5 Å². The van der Waals surface area contributed by atoms with Crippen LogP contribution in [0, 0.1) is 5.92 Å². The van der Waals surface area contributed by atoms with Crippen LogP contribution in [0.1, 0.15) is 18.9 Å². The molecule has 1 aliphatic carbocycles.